The lowest BCUT2D eigenvalue weighted by Gasteiger charge is -2.35. The van der Waals surface area contributed by atoms with Crippen LogP contribution in [0.5, 0.6) is 17.2 Å². The van der Waals surface area contributed by atoms with E-state index in [1.54, 1.807) is 27.5 Å². The van der Waals surface area contributed by atoms with Gasteiger partial charge in [-0.25, -0.2) is 9.97 Å². The molecule has 8 nitrogen and oxygen atoms in total. The average molecular weight is 443 g/mol. The lowest BCUT2D eigenvalue weighted by Crippen LogP contribution is -2.40. The van der Waals surface area contributed by atoms with Gasteiger partial charge in [-0.05, 0) is 44.2 Å². The lowest BCUT2D eigenvalue weighted by atomic mass is 10.0. The quantitative estimate of drug-likeness (QED) is 0.663. The zero-order chi connectivity index (χ0) is 23.3. The van der Waals surface area contributed by atoms with E-state index in [1.807, 2.05) is 12.1 Å². The van der Waals surface area contributed by atoms with Gasteiger partial charge in [0.2, 0.25) is 5.75 Å². The normalized spacial score (nSPS) is 16.1. The molecule has 0 radical (unpaired) electrons. The number of rotatable bonds is 8. The van der Waals surface area contributed by atoms with Crippen LogP contribution in [0.1, 0.15) is 50.4 Å². The van der Waals surface area contributed by atoms with Crippen LogP contribution in [0, 0.1) is 5.92 Å². The third kappa shape index (κ3) is 5.06. The van der Waals surface area contributed by atoms with Crippen molar-refractivity contribution in [3.05, 3.63) is 23.9 Å². The average Bonchev–Trinajstić information content (AvgIpc) is 2.81. The van der Waals surface area contributed by atoms with Crippen LogP contribution < -0.4 is 24.4 Å². The SMILES string of the molecule is COc1cc(-c2ncc(C(=O)NCC(C)C)c(N3CCCCC3C)n2)cc(OC)c1OC. The van der Waals surface area contributed by atoms with Crippen molar-refractivity contribution < 1.29 is 19.0 Å². The zero-order valence-corrected chi connectivity index (χ0v) is 19.9. The standard InChI is InChI=1S/C24H34N4O4/c1-15(2)13-26-24(29)18-14-25-22(27-23(18)28-10-8-7-9-16(28)3)17-11-19(30-4)21(32-6)20(12-17)31-5/h11-12,14-16H,7-10,13H2,1-6H3,(H,26,29). The molecule has 1 amide bonds. The first-order chi connectivity index (χ1) is 15.4. The van der Waals surface area contributed by atoms with Crippen molar-refractivity contribution in [2.75, 3.05) is 39.3 Å². The van der Waals surface area contributed by atoms with E-state index < -0.39 is 0 Å². The minimum atomic E-state index is -0.150. The Kier molecular flexibility index (Phi) is 7.77. The molecule has 174 valence electrons. The number of hydrogen-bond donors (Lipinski definition) is 1. The Labute approximate surface area is 190 Å². The highest BCUT2D eigenvalue weighted by Gasteiger charge is 2.26. The van der Waals surface area contributed by atoms with Crippen LogP contribution in [0.15, 0.2) is 18.3 Å². The van der Waals surface area contributed by atoms with Crippen molar-refractivity contribution in [3.63, 3.8) is 0 Å². The predicted octanol–water partition coefficient (Wildman–Crippen LogP) is 3.93. The Bertz CT molecular complexity index is 923. The van der Waals surface area contributed by atoms with Gasteiger partial charge in [0, 0.05) is 30.9 Å². The highest BCUT2D eigenvalue weighted by Crippen LogP contribution is 2.41. The Morgan fingerprint density at radius 3 is 2.41 bits per heavy atom. The summed E-state index contributed by atoms with van der Waals surface area (Å²) in [4.78, 5) is 24.6. The van der Waals surface area contributed by atoms with Crippen LogP contribution >= 0.6 is 0 Å². The fourth-order valence-corrected chi connectivity index (χ4v) is 3.91. The minimum absolute atomic E-state index is 0.150. The van der Waals surface area contributed by atoms with Crippen molar-refractivity contribution in [3.8, 4) is 28.6 Å². The van der Waals surface area contributed by atoms with Gasteiger partial charge in [0.15, 0.2) is 17.3 Å². The largest absolute Gasteiger partial charge is 0.493 e. The highest BCUT2D eigenvalue weighted by atomic mass is 16.5. The molecule has 1 aliphatic heterocycles. The van der Waals surface area contributed by atoms with Crippen molar-refractivity contribution in [1.82, 2.24) is 15.3 Å². The molecule has 0 bridgehead atoms. The smallest absolute Gasteiger partial charge is 0.256 e. The highest BCUT2D eigenvalue weighted by molar-refractivity contribution is 5.99. The predicted molar refractivity (Wildman–Crippen MR) is 125 cm³/mol. The number of piperidine rings is 1. The Balaban J connectivity index is 2.09. The molecule has 0 saturated carbocycles. The van der Waals surface area contributed by atoms with Gasteiger partial charge in [-0.3, -0.25) is 4.79 Å². The molecule has 1 N–H and O–H groups in total. The number of carbonyl (C=O) groups excluding carboxylic acids is 1. The van der Waals surface area contributed by atoms with Gasteiger partial charge in [0.05, 0.1) is 21.3 Å². The number of methoxy groups -OCH3 is 3. The molecule has 1 fully saturated rings. The van der Waals surface area contributed by atoms with Crippen molar-refractivity contribution in [2.24, 2.45) is 5.92 Å². The Hall–Kier alpha value is -3.03. The molecule has 3 rings (SSSR count). The number of nitrogens with zero attached hydrogens (tertiary/aromatic N) is 3. The topological polar surface area (TPSA) is 85.8 Å². The molecule has 0 aliphatic carbocycles. The minimum Gasteiger partial charge on any atom is -0.493 e. The summed E-state index contributed by atoms with van der Waals surface area (Å²) in [5.74, 6) is 2.93. The van der Waals surface area contributed by atoms with Gasteiger partial charge in [-0.2, -0.15) is 0 Å². The first kappa shape index (κ1) is 23.6. The summed E-state index contributed by atoms with van der Waals surface area (Å²) in [5.41, 5.74) is 1.22. The summed E-state index contributed by atoms with van der Waals surface area (Å²) >= 11 is 0. The molecule has 1 atom stereocenters. The molecule has 32 heavy (non-hydrogen) atoms. The van der Waals surface area contributed by atoms with Crippen LogP contribution in [0.3, 0.4) is 0 Å². The number of aromatic nitrogens is 2. The van der Waals surface area contributed by atoms with Gasteiger partial charge in [-0.1, -0.05) is 13.8 Å². The second kappa shape index (κ2) is 10.5. The summed E-state index contributed by atoms with van der Waals surface area (Å²) in [7, 11) is 4.72. The van der Waals surface area contributed by atoms with E-state index in [1.165, 1.54) is 6.42 Å². The van der Waals surface area contributed by atoms with E-state index in [2.05, 4.69) is 36.0 Å². The summed E-state index contributed by atoms with van der Waals surface area (Å²) in [6, 6.07) is 3.93. The van der Waals surface area contributed by atoms with Gasteiger partial charge >= 0.3 is 0 Å². The fraction of sp³-hybridized carbons (Fsp3) is 0.542. The summed E-state index contributed by atoms with van der Waals surface area (Å²) in [5, 5.41) is 3.00. The molecule has 2 heterocycles. The lowest BCUT2D eigenvalue weighted by molar-refractivity contribution is 0.0948. The number of carbonyl (C=O) groups is 1. The molecule has 1 aliphatic rings. The van der Waals surface area contributed by atoms with Crippen molar-refractivity contribution >= 4 is 11.7 Å². The van der Waals surface area contributed by atoms with Crippen LogP contribution in [0.2, 0.25) is 0 Å². The van der Waals surface area contributed by atoms with Crippen molar-refractivity contribution in [2.45, 2.75) is 46.1 Å². The first-order valence-corrected chi connectivity index (χ1v) is 11.1. The molecule has 2 aromatic rings. The number of anilines is 1. The Morgan fingerprint density at radius 2 is 1.84 bits per heavy atom. The van der Waals surface area contributed by atoms with E-state index in [0.717, 1.165) is 24.9 Å². The van der Waals surface area contributed by atoms with E-state index in [4.69, 9.17) is 19.2 Å². The Morgan fingerprint density at radius 1 is 1.16 bits per heavy atom. The van der Waals surface area contributed by atoms with Gasteiger partial charge in [-0.15, -0.1) is 0 Å². The first-order valence-electron chi connectivity index (χ1n) is 11.1. The fourth-order valence-electron chi connectivity index (χ4n) is 3.91. The van der Waals surface area contributed by atoms with Crippen LogP contribution in [0.25, 0.3) is 11.4 Å². The molecule has 1 aromatic heterocycles. The van der Waals surface area contributed by atoms with E-state index in [0.29, 0.717) is 53.0 Å². The number of amides is 1. The number of nitrogens with one attached hydrogen (secondary N) is 1. The molecule has 1 aromatic carbocycles. The third-order valence-electron chi connectivity index (χ3n) is 5.68. The summed E-state index contributed by atoms with van der Waals surface area (Å²) < 4.78 is 16.4. The maximum Gasteiger partial charge on any atom is 0.256 e. The van der Waals surface area contributed by atoms with Gasteiger partial charge in [0.25, 0.3) is 5.91 Å². The van der Waals surface area contributed by atoms with E-state index in [-0.39, 0.29) is 5.91 Å². The van der Waals surface area contributed by atoms with Gasteiger partial charge in [0.1, 0.15) is 11.4 Å². The van der Waals surface area contributed by atoms with Crippen LogP contribution in [-0.4, -0.2) is 56.3 Å². The van der Waals surface area contributed by atoms with Crippen LogP contribution in [0.4, 0.5) is 5.82 Å². The molecule has 0 spiro atoms. The number of hydrogen-bond acceptors (Lipinski definition) is 7. The van der Waals surface area contributed by atoms with E-state index in [9.17, 15) is 4.79 Å². The molecule has 1 unspecified atom stereocenters. The number of ether oxygens (including phenoxy) is 3. The summed E-state index contributed by atoms with van der Waals surface area (Å²) in [6.07, 6.45) is 4.94. The maximum atomic E-state index is 13.0. The molecule has 1 saturated heterocycles. The number of benzene rings is 1. The molecular formula is C24H34N4O4. The van der Waals surface area contributed by atoms with E-state index >= 15 is 0 Å². The van der Waals surface area contributed by atoms with Gasteiger partial charge < -0.3 is 24.4 Å². The molecular weight excluding hydrogens is 408 g/mol. The summed E-state index contributed by atoms with van der Waals surface area (Å²) in [6.45, 7) is 7.77. The zero-order valence-electron chi connectivity index (χ0n) is 19.9. The molecule has 8 heteroatoms. The van der Waals surface area contributed by atoms with Crippen molar-refractivity contribution in [1.29, 1.82) is 0 Å². The van der Waals surface area contributed by atoms with Crippen LogP contribution in [-0.2, 0) is 0 Å². The maximum absolute atomic E-state index is 13.0. The second-order valence-electron chi connectivity index (χ2n) is 8.49. The monoisotopic (exact) mass is 442 g/mol. The second-order valence-corrected chi connectivity index (χ2v) is 8.49. The third-order valence-corrected chi connectivity index (χ3v) is 5.68.